The lowest BCUT2D eigenvalue weighted by Gasteiger charge is -2.31. The predicted molar refractivity (Wildman–Crippen MR) is 54.4 cm³/mol. The lowest BCUT2D eigenvalue weighted by Crippen LogP contribution is -2.60. The Labute approximate surface area is 78.2 Å². The van der Waals surface area contributed by atoms with E-state index in [0.717, 1.165) is 33.8 Å². The third-order valence-electron chi connectivity index (χ3n) is 1.55. The Morgan fingerprint density at radius 3 is 1.75 bits per heavy atom. The fraction of sp³-hybridized carbons (Fsp3) is 0.667. The van der Waals surface area contributed by atoms with Crippen molar-refractivity contribution in [2.45, 2.75) is 6.18 Å². The summed E-state index contributed by atoms with van der Waals surface area (Å²) in [7, 11) is 3.58. The SMILES string of the molecule is CN(C(=O)C(F)(F)F)[Si]([SiH3])([SiH3])[SiH3]. The number of alkyl halides is 3. The van der Waals surface area contributed by atoms with Gasteiger partial charge in [-0.3, -0.25) is 4.79 Å². The quantitative estimate of drug-likeness (QED) is 0.441. The lowest BCUT2D eigenvalue weighted by atomic mass is 10.6. The molecular formula is C3H12F3NOSi4. The zero-order chi connectivity index (χ0) is 10.2. The Balaban J connectivity index is 4.53. The first kappa shape index (κ1) is 12.1. The van der Waals surface area contributed by atoms with E-state index in [2.05, 4.69) is 0 Å². The van der Waals surface area contributed by atoms with Crippen molar-refractivity contribution >= 4 is 42.0 Å². The molecule has 1 amide bonds. The molecule has 0 spiro atoms. The molecule has 0 aliphatic rings. The summed E-state index contributed by atoms with van der Waals surface area (Å²) in [5.41, 5.74) is 0. The topological polar surface area (TPSA) is 20.3 Å². The maximum atomic E-state index is 11.9. The smallest absolute Gasteiger partial charge is 0.374 e. The third-order valence-corrected chi connectivity index (χ3v) is 9.81. The average molecular weight is 247 g/mol. The molecule has 72 valence electrons. The molecule has 0 aliphatic heterocycles. The van der Waals surface area contributed by atoms with Crippen molar-refractivity contribution in [2.75, 3.05) is 7.05 Å². The summed E-state index contributed by atoms with van der Waals surface area (Å²) in [6.07, 6.45) is -4.67. The van der Waals surface area contributed by atoms with E-state index in [0.29, 0.717) is 0 Å². The van der Waals surface area contributed by atoms with Crippen molar-refractivity contribution in [3.63, 3.8) is 0 Å². The van der Waals surface area contributed by atoms with Gasteiger partial charge in [0.1, 0.15) is 0 Å². The molecule has 0 fully saturated rings. The van der Waals surface area contributed by atoms with Crippen molar-refractivity contribution in [1.29, 1.82) is 0 Å². The third kappa shape index (κ3) is 3.24. The van der Waals surface area contributed by atoms with Gasteiger partial charge in [0.15, 0.2) is 0 Å². The van der Waals surface area contributed by atoms with Crippen LogP contribution in [0.15, 0.2) is 0 Å². The molecule has 0 bridgehead atoms. The number of halogens is 3. The van der Waals surface area contributed by atoms with Crippen LogP contribution in [-0.4, -0.2) is 59.8 Å². The molecule has 0 N–H and O–H groups in total. The molecular weight excluding hydrogens is 235 g/mol. The van der Waals surface area contributed by atoms with Gasteiger partial charge in [-0.2, -0.15) is 13.2 Å². The molecule has 0 aromatic heterocycles. The fourth-order valence-corrected chi connectivity index (χ4v) is 3.06. The molecule has 2 nitrogen and oxygen atoms in total. The van der Waals surface area contributed by atoms with Gasteiger partial charge in [0.25, 0.3) is 0 Å². The van der Waals surface area contributed by atoms with Gasteiger partial charge < -0.3 is 4.57 Å². The highest BCUT2D eigenvalue weighted by Crippen LogP contribution is 2.18. The van der Waals surface area contributed by atoms with Crippen LogP contribution in [0.25, 0.3) is 0 Å². The van der Waals surface area contributed by atoms with Crippen LogP contribution in [0.1, 0.15) is 0 Å². The number of carbonyl (C=O) groups excluding carboxylic acids is 1. The molecule has 0 rings (SSSR count). The van der Waals surface area contributed by atoms with E-state index in [1.54, 1.807) is 0 Å². The zero-order valence-corrected chi connectivity index (χ0v) is 14.5. The standard InChI is InChI=1S/C3H12F3NOSi4/c1-7(12(9,10)11)2(8)3(4,5)6/h1,9-11H3. The van der Waals surface area contributed by atoms with Gasteiger partial charge in [-0.1, -0.05) is 0 Å². The van der Waals surface area contributed by atoms with Crippen LogP contribution in [0.4, 0.5) is 13.2 Å². The summed E-state index contributed by atoms with van der Waals surface area (Å²) in [4.78, 5) is 10.7. The Morgan fingerprint density at radius 1 is 1.33 bits per heavy atom. The molecule has 0 aromatic carbocycles. The molecule has 0 saturated carbocycles. The first-order valence-electron chi connectivity index (χ1n) is 3.42. The van der Waals surface area contributed by atoms with Crippen LogP contribution >= 0.6 is 0 Å². The minimum Gasteiger partial charge on any atom is -0.374 e. The summed E-state index contributed by atoms with van der Waals surface area (Å²) < 4.78 is 36.7. The lowest BCUT2D eigenvalue weighted by molar-refractivity contribution is -0.179. The molecule has 12 heavy (non-hydrogen) atoms. The maximum Gasteiger partial charge on any atom is 0.470 e. The molecule has 0 atom stereocenters. The number of rotatable bonds is 1. The number of nitrogens with zero attached hydrogens (tertiary/aromatic N) is 1. The van der Waals surface area contributed by atoms with E-state index < -0.39 is 18.9 Å². The number of carbonyl (C=O) groups is 1. The van der Waals surface area contributed by atoms with Gasteiger partial charge in [0, 0.05) is 29.3 Å². The second kappa shape index (κ2) is 3.47. The van der Waals surface area contributed by atoms with Crippen LogP contribution in [-0.2, 0) is 4.79 Å². The van der Waals surface area contributed by atoms with Gasteiger partial charge in [0.05, 0.1) is 6.79 Å². The Hall–Kier alpha value is 0.128. The second-order valence-corrected chi connectivity index (χ2v) is 48.6. The molecule has 0 heterocycles. The van der Waals surface area contributed by atoms with E-state index in [1.165, 1.54) is 7.05 Å². The zero-order valence-electron chi connectivity index (χ0n) is 7.49. The Kier molecular flexibility index (Phi) is 3.51. The minimum atomic E-state index is -4.67. The van der Waals surface area contributed by atoms with Gasteiger partial charge >= 0.3 is 12.1 Å². The van der Waals surface area contributed by atoms with Crippen LogP contribution in [0.5, 0.6) is 0 Å². The van der Waals surface area contributed by atoms with Crippen LogP contribution in [0, 0.1) is 0 Å². The number of amides is 1. The van der Waals surface area contributed by atoms with Crippen LogP contribution < -0.4 is 0 Å². The molecule has 0 aromatic rings. The summed E-state index contributed by atoms with van der Waals surface area (Å²) >= 11 is 0. The van der Waals surface area contributed by atoms with Crippen LogP contribution in [0.3, 0.4) is 0 Å². The normalized spacial score (nSPS) is 17.7. The van der Waals surface area contributed by atoms with E-state index in [4.69, 9.17) is 0 Å². The van der Waals surface area contributed by atoms with Crippen molar-refractivity contribution in [2.24, 2.45) is 0 Å². The minimum absolute atomic E-state index is 0.761. The molecule has 0 saturated heterocycles. The molecule has 0 radical (unpaired) electrons. The van der Waals surface area contributed by atoms with E-state index in [9.17, 15) is 18.0 Å². The Morgan fingerprint density at radius 2 is 1.67 bits per heavy atom. The molecule has 9 heteroatoms. The van der Waals surface area contributed by atoms with Crippen molar-refractivity contribution in [3.05, 3.63) is 0 Å². The van der Waals surface area contributed by atoms with Gasteiger partial charge in [-0.25, -0.2) is 0 Å². The van der Waals surface area contributed by atoms with Crippen molar-refractivity contribution in [1.82, 2.24) is 4.57 Å². The van der Waals surface area contributed by atoms with Gasteiger partial charge in [-0.15, -0.1) is 0 Å². The largest absolute Gasteiger partial charge is 0.470 e. The summed E-state index contributed by atoms with van der Waals surface area (Å²) in [5, 5.41) is 0. The summed E-state index contributed by atoms with van der Waals surface area (Å²) in [6.45, 7) is -1.75. The Bertz CT molecular complexity index is 187. The summed E-state index contributed by atoms with van der Waals surface area (Å²) in [6, 6.07) is 0. The maximum absolute atomic E-state index is 11.9. The molecule has 0 aliphatic carbocycles. The fourth-order valence-electron chi connectivity index (χ4n) is 0.495. The van der Waals surface area contributed by atoms with Gasteiger partial charge in [0.2, 0.25) is 0 Å². The van der Waals surface area contributed by atoms with Crippen molar-refractivity contribution < 1.29 is 18.0 Å². The first-order valence-corrected chi connectivity index (χ1v) is 15.9. The van der Waals surface area contributed by atoms with E-state index in [-0.39, 0.29) is 0 Å². The highest BCUT2D eigenvalue weighted by Gasteiger charge is 2.44. The average Bonchev–Trinajstić information content (AvgIpc) is 1.80. The van der Waals surface area contributed by atoms with Crippen LogP contribution in [0.2, 0.25) is 0 Å². The van der Waals surface area contributed by atoms with E-state index >= 15 is 0 Å². The second-order valence-electron chi connectivity index (χ2n) is 3.53. The highest BCUT2D eigenvalue weighted by atomic mass is 29.9. The van der Waals surface area contributed by atoms with E-state index in [1.807, 2.05) is 0 Å². The first-order chi connectivity index (χ1) is 5.07. The number of hydrogen-bond acceptors (Lipinski definition) is 1. The monoisotopic (exact) mass is 247 g/mol. The number of hydrogen-bond donors (Lipinski definition) is 0. The van der Waals surface area contributed by atoms with Gasteiger partial charge in [-0.05, 0) is 7.05 Å². The predicted octanol–water partition coefficient (Wildman–Crippen LogP) is -3.46. The molecule has 0 unspecified atom stereocenters. The van der Waals surface area contributed by atoms with Crippen molar-refractivity contribution in [3.8, 4) is 0 Å². The summed E-state index contributed by atoms with van der Waals surface area (Å²) in [5.74, 6) is -1.64. The highest BCUT2D eigenvalue weighted by molar-refractivity contribution is 7.59.